The summed E-state index contributed by atoms with van der Waals surface area (Å²) >= 11 is 1.54. The fraction of sp³-hybridized carbons (Fsp3) is 0.400. The van der Waals surface area contributed by atoms with Gasteiger partial charge in [0.05, 0.1) is 6.61 Å². The Kier molecular flexibility index (Phi) is 3.41. The molecule has 5 nitrogen and oxygen atoms in total. The molecule has 21 heavy (non-hydrogen) atoms. The average molecular weight is 302 g/mol. The summed E-state index contributed by atoms with van der Waals surface area (Å²) in [5.41, 5.74) is 0.984. The summed E-state index contributed by atoms with van der Waals surface area (Å²) < 4.78 is 7.30. The molecule has 0 fully saturated rings. The van der Waals surface area contributed by atoms with Gasteiger partial charge in [0.2, 0.25) is 4.96 Å². The first-order valence-electron chi connectivity index (χ1n) is 6.95. The molecule has 0 atom stereocenters. The molecule has 110 valence electrons. The van der Waals surface area contributed by atoms with Crippen molar-refractivity contribution in [1.82, 2.24) is 19.8 Å². The first-order valence-corrected chi connectivity index (χ1v) is 7.76. The van der Waals surface area contributed by atoms with E-state index in [0.29, 0.717) is 6.61 Å². The largest absolute Gasteiger partial charge is 0.494 e. The van der Waals surface area contributed by atoms with E-state index in [1.165, 1.54) is 0 Å². The lowest BCUT2D eigenvalue weighted by molar-refractivity contribution is 0.340. The lowest BCUT2D eigenvalue weighted by atomic mass is 9.96. The van der Waals surface area contributed by atoms with E-state index in [4.69, 9.17) is 4.74 Å². The molecular weight excluding hydrogens is 284 g/mol. The number of nitrogens with zero attached hydrogens (tertiary/aromatic N) is 4. The van der Waals surface area contributed by atoms with Crippen molar-refractivity contribution in [2.45, 2.75) is 33.1 Å². The second kappa shape index (κ2) is 5.11. The Morgan fingerprint density at radius 2 is 1.86 bits per heavy atom. The molecule has 0 saturated heterocycles. The molecule has 3 rings (SSSR count). The zero-order chi connectivity index (χ0) is 15.0. The summed E-state index contributed by atoms with van der Waals surface area (Å²) in [6.07, 6.45) is 0. The summed E-state index contributed by atoms with van der Waals surface area (Å²) in [7, 11) is 0. The topological polar surface area (TPSA) is 52.3 Å². The highest BCUT2D eigenvalue weighted by Gasteiger charge is 2.23. The maximum Gasteiger partial charge on any atom is 0.235 e. The van der Waals surface area contributed by atoms with Crippen molar-refractivity contribution >= 4 is 16.3 Å². The Balaban J connectivity index is 1.99. The van der Waals surface area contributed by atoms with E-state index < -0.39 is 0 Å². The minimum absolute atomic E-state index is 0.0798. The van der Waals surface area contributed by atoms with Crippen LogP contribution in [-0.2, 0) is 5.41 Å². The van der Waals surface area contributed by atoms with Gasteiger partial charge < -0.3 is 4.74 Å². The van der Waals surface area contributed by atoms with Gasteiger partial charge in [-0.05, 0) is 31.2 Å². The summed E-state index contributed by atoms with van der Waals surface area (Å²) in [5.74, 6) is 1.76. The normalized spacial score (nSPS) is 12.0. The van der Waals surface area contributed by atoms with E-state index in [2.05, 4.69) is 36.1 Å². The van der Waals surface area contributed by atoms with Gasteiger partial charge in [0, 0.05) is 11.0 Å². The molecule has 0 unspecified atom stereocenters. The minimum Gasteiger partial charge on any atom is -0.494 e. The molecule has 0 radical (unpaired) electrons. The van der Waals surface area contributed by atoms with Gasteiger partial charge in [0.25, 0.3) is 0 Å². The highest BCUT2D eigenvalue weighted by Crippen LogP contribution is 2.29. The van der Waals surface area contributed by atoms with Gasteiger partial charge in [-0.25, -0.2) is 0 Å². The summed E-state index contributed by atoms with van der Waals surface area (Å²) in [5, 5.41) is 14.1. The number of hydrogen-bond acceptors (Lipinski definition) is 5. The number of hydrogen-bond donors (Lipinski definition) is 0. The zero-order valence-corrected chi connectivity index (χ0v) is 13.4. The second-order valence-electron chi connectivity index (χ2n) is 5.83. The van der Waals surface area contributed by atoms with Crippen molar-refractivity contribution in [3.05, 3.63) is 30.1 Å². The number of rotatable bonds is 3. The molecule has 1 aromatic carbocycles. The van der Waals surface area contributed by atoms with Gasteiger partial charge in [-0.3, -0.25) is 0 Å². The molecular formula is C15H18N4OS. The van der Waals surface area contributed by atoms with Crippen LogP contribution in [0.4, 0.5) is 0 Å². The molecule has 2 heterocycles. The van der Waals surface area contributed by atoms with Gasteiger partial charge >= 0.3 is 0 Å². The lowest BCUT2D eigenvalue weighted by Gasteiger charge is -2.13. The molecule has 0 spiro atoms. The van der Waals surface area contributed by atoms with Gasteiger partial charge in [-0.1, -0.05) is 32.1 Å². The summed E-state index contributed by atoms with van der Waals surface area (Å²) in [6.45, 7) is 8.98. The Morgan fingerprint density at radius 3 is 2.48 bits per heavy atom. The standard InChI is InChI=1S/C15H18N4OS/c1-5-20-11-8-6-10(7-9-11)12-18-19-13(15(2,3)4)16-17-14(19)21-12/h6-9H,5H2,1-4H3. The fourth-order valence-corrected chi connectivity index (χ4v) is 2.91. The van der Waals surface area contributed by atoms with Crippen molar-refractivity contribution in [3.63, 3.8) is 0 Å². The monoisotopic (exact) mass is 302 g/mol. The maximum atomic E-state index is 5.46. The van der Waals surface area contributed by atoms with E-state index in [1.807, 2.05) is 35.7 Å². The Morgan fingerprint density at radius 1 is 1.14 bits per heavy atom. The van der Waals surface area contributed by atoms with E-state index in [1.54, 1.807) is 11.3 Å². The van der Waals surface area contributed by atoms with Crippen LogP contribution in [0.1, 0.15) is 33.5 Å². The van der Waals surface area contributed by atoms with Gasteiger partial charge in [0.15, 0.2) is 5.82 Å². The highest BCUT2D eigenvalue weighted by molar-refractivity contribution is 7.19. The predicted molar refractivity (Wildman–Crippen MR) is 84.0 cm³/mol. The Labute approximate surface area is 127 Å². The van der Waals surface area contributed by atoms with Crippen LogP contribution < -0.4 is 4.74 Å². The predicted octanol–water partition coefficient (Wildman–Crippen LogP) is 3.55. The molecule has 0 N–H and O–H groups in total. The molecule has 0 aliphatic carbocycles. The van der Waals surface area contributed by atoms with E-state index in [9.17, 15) is 0 Å². The number of benzene rings is 1. The van der Waals surface area contributed by atoms with Crippen molar-refractivity contribution in [2.75, 3.05) is 6.61 Å². The first kappa shape index (κ1) is 14.0. The number of ether oxygens (including phenoxy) is 1. The molecule has 0 amide bonds. The average Bonchev–Trinajstić information content (AvgIpc) is 2.98. The third-order valence-electron chi connectivity index (χ3n) is 3.07. The SMILES string of the molecule is CCOc1ccc(-c2nn3c(C(C)(C)C)nnc3s2)cc1. The summed E-state index contributed by atoms with van der Waals surface area (Å²) in [6, 6.07) is 7.97. The van der Waals surface area contributed by atoms with Gasteiger partial charge in [-0.15, -0.1) is 10.2 Å². The Hall–Kier alpha value is -1.95. The van der Waals surface area contributed by atoms with Crippen molar-refractivity contribution < 1.29 is 4.74 Å². The minimum atomic E-state index is -0.0798. The van der Waals surface area contributed by atoms with Crippen LogP contribution in [-0.4, -0.2) is 26.4 Å². The Bertz CT molecular complexity index is 752. The van der Waals surface area contributed by atoms with Crippen molar-refractivity contribution in [2.24, 2.45) is 0 Å². The fourth-order valence-electron chi connectivity index (χ4n) is 2.06. The molecule has 0 bridgehead atoms. The first-order chi connectivity index (χ1) is 9.99. The lowest BCUT2D eigenvalue weighted by Crippen LogP contribution is -2.16. The molecule has 3 aromatic rings. The molecule has 0 aliphatic heterocycles. The zero-order valence-electron chi connectivity index (χ0n) is 12.6. The highest BCUT2D eigenvalue weighted by atomic mass is 32.1. The van der Waals surface area contributed by atoms with Crippen LogP contribution in [0.25, 0.3) is 15.5 Å². The quantitative estimate of drug-likeness (QED) is 0.742. The van der Waals surface area contributed by atoms with Crippen molar-refractivity contribution in [1.29, 1.82) is 0 Å². The van der Waals surface area contributed by atoms with E-state index in [-0.39, 0.29) is 5.41 Å². The second-order valence-corrected chi connectivity index (χ2v) is 6.79. The van der Waals surface area contributed by atoms with Crippen LogP contribution in [0.2, 0.25) is 0 Å². The van der Waals surface area contributed by atoms with E-state index in [0.717, 1.165) is 27.1 Å². The van der Waals surface area contributed by atoms with Crippen LogP contribution in [0.15, 0.2) is 24.3 Å². The third kappa shape index (κ3) is 2.63. The molecule has 0 saturated carbocycles. The van der Waals surface area contributed by atoms with Crippen molar-refractivity contribution in [3.8, 4) is 16.3 Å². The van der Waals surface area contributed by atoms with Crippen LogP contribution >= 0.6 is 11.3 Å². The van der Waals surface area contributed by atoms with Crippen LogP contribution in [0.5, 0.6) is 5.75 Å². The molecule has 6 heteroatoms. The van der Waals surface area contributed by atoms with E-state index >= 15 is 0 Å². The van der Waals surface area contributed by atoms with Crippen LogP contribution in [0, 0.1) is 0 Å². The smallest absolute Gasteiger partial charge is 0.235 e. The number of aromatic nitrogens is 4. The van der Waals surface area contributed by atoms with Crippen LogP contribution in [0.3, 0.4) is 0 Å². The molecule has 2 aromatic heterocycles. The molecule has 0 aliphatic rings. The van der Waals surface area contributed by atoms with Gasteiger partial charge in [0.1, 0.15) is 10.8 Å². The van der Waals surface area contributed by atoms with Gasteiger partial charge in [-0.2, -0.15) is 9.61 Å². The summed E-state index contributed by atoms with van der Waals surface area (Å²) in [4.78, 5) is 0.823. The third-order valence-corrected chi connectivity index (χ3v) is 4.02. The maximum absolute atomic E-state index is 5.46. The number of fused-ring (bicyclic) bond motifs is 1.